The predicted molar refractivity (Wildman–Crippen MR) is 66.7 cm³/mol. The van der Waals surface area contributed by atoms with Crippen molar-refractivity contribution < 1.29 is 13.3 Å². The van der Waals surface area contributed by atoms with E-state index in [1.165, 1.54) is 25.1 Å². The zero-order valence-corrected chi connectivity index (χ0v) is 10.7. The van der Waals surface area contributed by atoms with Crippen molar-refractivity contribution in [1.29, 1.82) is 0 Å². The van der Waals surface area contributed by atoms with Crippen LogP contribution in [0.5, 0.6) is 0 Å². The van der Waals surface area contributed by atoms with E-state index in [9.17, 15) is 18.5 Å². The summed E-state index contributed by atoms with van der Waals surface area (Å²) in [5.74, 6) is 0. The van der Waals surface area contributed by atoms with Crippen molar-refractivity contribution in [3.63, 3.8) is 0 Å². The number of hydrogen-bond acceptors (Lipinski definition) is 5. The van der Waals surface area contributed by atoms with Crippen LogP contribution < -0.4 is 10.5 Å². The molecule has 18 heavy (non-hydrogen) atoms. The van der Waals surface area contributed by atoms with Crippen LogP contribution in [0.1, 0.15) is 12.0 Å². The van der Waals surface area contributed by atoms with E-state index in [2.05, 4.69) is 4.72 Å². The molecule has 8 heteroatoms. The molecule has 0 atom stereocenters. The summed E-state index contributed by atoms with van der Waals surface area (Å²) in [6, 6.07) is 3.96. The van der Waals surface area contributed by atoms with E-state index < -0.39 is 14.9 Å². The van der Waals surface area contributed by atoms with Crippen LogP contribution >= 0.6 is 0 Å². The van der Waals surface area contributed by atoms with Gasteiger partial charge in [0, 0.05) is 18.2 Å². The fourth-order valence-electron chi connectivity index (χ4n) is 1.48. The van der Waals surface area contributed by atoms with Gasteiger partial charge in [0.25, 0.3) is 5.69 Å². The Bertz CT molecular complexity index is 542. The Morgan fingerprint density at radius 3 is 2.67 bits per heavy atom. The molecule has 0 heterocycles. The van der Waals surface area contributed by atoms with Crippen molar-refractivity contribution in [2.45, 2.75) is 18.2 Å². The first-order valence-corrected chi connectivity index (χ1v) is 6.82. The summed E-state index contributed by atoms with van der Waals surface area (Å²) < 4.78 is 26.2. The third-order valence-electron chi connectivity index (χ3n) is 2.41. The van der Waals surface area contributed by atoms with Crippen molar-refractivity contribution >= 4 is 15.7 Å². The van der Waals surface area contributed by atoms with Gasteiger partial charge in [-0.15, -0.1) is 0 Å². The summed E-state index contributed by atoms with van der Waals surface area (Å²) >= 11 is 0. The van der Waals surface area contributed by atoms with E-state index in [4.69, 9.17) is 5.73 Å². The Morgan fingerprint density at radius 1 is 1.44 bits per heavy atom. The molecule has 0 unspecified atom stereocenters. The van der Waals surface area contributed by atoms with Gasteiger partial charge in [-0.1, -0.05) is 6.07 Å². The van der Waals surface area contributed by atoms with Crippen molar-refractivity contribution in [3.05, 3.63) is 33.9 Å². The number of hydrogen-bond donors (Lipinski definition) is 2. The minimum atomic E-state index is -3.73. The number of nitrogens with two attached hydrogens (primary N) is 1. The van der Waals surface area contributed by atoms with Crippen LogP contribution in [-0.2, 0) is 10.0 Å². The van der Waals surface area contributed by atoms with Gasteiger partial charge in [0.1, 0.15) is 0 Å². The minimum absolute atomic E-state index is 0.0753. The van der Waals surface area contributed by atoms with Gasteiger partial charge >= 0.3 is 0 Å². The molecule has 0 saturated carbocycles. The minimum Gasteiger partial charge on any atom is -0.330 e. The molecule has 0 aliphatic heterocycles. The fraction of sp³-hybridized carbons (Fsp3) is 0.400. The molecule has 0 aromatic heterocycles. The maximum atomic E-state index is 11.9. The molecule has 1 aromatic rings. The fourth-order valence-corrected chi connectivity index (χ4v) is 2.81. The van der Waals surface area contributed by atoms with Crippen LogP contribution in [0, 0.1) is 17.0 Å². The molecule has 0 fully saturated rings. The van der Waals surface area contributed by atoms with E-state index in [0.717, 1.165) is 0 Å². The lowest BCUT2D eigenvalue weighted by molar-refractivity contribution is -0.385. The number of nitrogens with zero attached hydrogens (tertiary/aromatic N) is 1. The Kier molecular flexibility index (Phi) is 4.76. The third kappa shape index (κ3) is 3.25. The van der Waals surface area contributed by atoms with E-state index in [1.807, 2.05) is 0 Å². The molecule has 3 N–H and O–H groups in total. The average molecular weight is 273 g/mol. The molecular weight excluding hydrogens is 258 g/mol. The van der Waals surface area contributed by atoms with Gasteiger partial charge in [-0.25, -0.2) is 13.1 Å². The molecule has 0 saturated heterocycles. The number of nitro groups is 1. The molecule has 0 amide bonds. The highest BCUT2D eigenvalue weighted by molar-refractivity contribution is 7.89. The Hall–Kier alpha value is -1.51. The summed E-state index contributed by atoms with van der Waals surface area (Å²) in [5.41, 5.74) is 5.18. The lowest BCUT2D eigenvalue weighted by Crippen LogP contribution is -2.27. The summed E-state index contributed by atoms with van der Waals surface area (Å²) in [6.45, 7) is 1.99. The monoisotopic (exact) mass is 273 g/mol. The van der Waals surface area contributed by atoms with Gasteiger partial charge in [-0.2, -0.15) is 0 Å². The van der Waals surface area contributed by atoms with Crippen LogP contribution in [0.4, 0.5) is 5.69 Å². The van der Waals surface area contributed by atoms with Crippen molar-refractivity contribution in [2.75, 3.05) is 13.1 Å². The SMILES string of the molecule is Cc1c([N+](=O)[O-])cccc1S(=O)(=O)NCCCN. The van der Waals surface area contributed by atoms with Gasteiger partial charge in [0.15, 0.2) is 0 Å². The number of sulfonamides is 1. The second-order valence-corrected chi connectivity index (χ2v) is 5.43. The van der Waals surface area contributed by atoms with Gasteiger partial charge in [-0.3, -0.25) is 10.1 Å². The normalized spacial score (nSPS) is 11.4. The smallest absolute Gasteiger partial charge is 0.273 e. The average Bonchev–Trinajstić information content (AvgIpc) is 2.28. The van der Waals surface area contributed by atoms with Crippen molar-refractivity contribution in [2.24, 2.45) is 5.73 Å². The lowest BCUT2D eigenvalue weighted by Gasteiger charge is -2.08. The highest BCUT2D eigenvalue weighted by atomic mass is 32.2. The van der Waals surface area contributed by atoms with Gasteiger partial charge < -0.3 is 5.73 Å². The summed E-state index contributed by atoms with van der Waals surface area (Å²) in [4.78, 5) is 10.1. The largest absolute Gasteiger partial charge is 0.330 e. The van der Waals surface area contributed by atoms with Gasteiger partial charge in [-0.05, 0) is 26.0 Å². The molecule has 0 bridgehead atoms. The molecule has 7 nitrogen and oxygen atoms in total. The molecule has 1 rings (SSSR count). The highest BCUT2D eigenvalue weighted by Crippen LogP contribution is 2.24. The van der Waals surface area contributed by atoms with Crippen LogP contribution in [0.25, 0.3) is 0 Å². The van der Waals surface area contributed by atoms with Crippen LogP contribution in [0.15, 0.2) is 23.1 Å². The quantitative estimate of drug-likeness (QED) is 0.445. The maximum Gasteiger partial charge on any atom is 0.273 e. The first kappa shape index (κ1) is 14.6. The highest BCUT2D eigenvalue weighted by Gasteiger charge is 2.22. The standard InChI is InChI=1S/C10H15N3O4S/c1-8-9(13(14)15)4-2-5-10(8)18(16,17)12-7-3-6-11/h2,4-5,12H,3,6-7,11H2,1H3. The second kappa shape index (κ2) is 5.89. The molecular formula is C10H15N3O4S. The molecule has 0 spiro atoms. The number of nitro benzene ring substituents is 1. The van der Waals surface area contributed by atoms with Crippen molar-refractivity contribution in [3.8, 4) is 0 Å². The number of benzene rings is 1. The predicted octanol–water partition coefficient (Wildman–Crippen LogP) is 0.530. The first-order valence-electron chi connectivity index (χ1n) is 5.34. The molecule has 100 valence electrons. The first-order chi connectivity index (χ1) is 8.40. The molecule has 0 aliphatic carbocycles. The van der Waals surface area contributed by atoms with E-state index in [1.54, 1.807) is 0 Å². The van der Waals surface area contributed by atoms with Crippen LogP contribution in [0.2, 0.25) is 0 Å². The zero-order valence-electron chi connectivity index (χ0n) is 9.92. The molecule has 1 aromatic carbocycles. The van der Waals surface area contributed by atoms with E-state index in [-0.39, 0.29) is 22.7 Å². The van der Waals surface area contributed by atoms with E-state index >= 15 is 0 Å². The topological polar surface area (TPSA) is 115 Å². The zero-order chi connectivity index (χ0) is 13.8. The van der Waals surface area contributed by atoms with Crippen molar-refractivity contribution in [1.82, 2.24) is 4.72 Å². The summed E-state index contributed by atoms with van der Waals surface area (Å²) in [7, 11) is -3.73. The Labute approximate surface area is 105 Å². The summed E-state index contributed by atoms with van der Waals surface area (Å²) in [5, 5.41) is 10.7. The van der Waals surface area contributed by atoms with E-state index in [0.29, 0.717) is 13.0 Å². The second-order valence-electron chi connectivity index (χ2n) is 3.70. The van der Waals surface area contributed by atoms with Gasteiger partial charge in [0.05, 0.1) is 9.82 Å². The third-order valence-corrected chi connectivity index (χ3v) is 4.02. The van der Waals surface area contributed by atoms with Crippen LogP contribution in [0.3, 0.4) is 0 Å². The van der Waals surface area contributed by atoms with Crippen LogP contribution in [-0.4, -0.2) is 26.4 Å². The summed E-state index contributed by atoms with van der Waals surface area (Å²) in [6.07, 6.45) is 0.507. The maximum absolute atomic E-state index is 11.9. The Morgan fingerprint density at radius 2 is 2.11 bits per heavy atom. The number of rotatable bonds is 6. The molecule has 0 radical (unpaired) electrons. The Balaban J connectivity index is 3.09. The number of nitrogens with one attached hydrogen (secondary N) is 1. The van der Waals surface area contributed by atoms with Gasteiger partial charge in [0.2, 0.25) is 10.0 Å². The lowest BCUT2D eigenvalue weighted by atomic mass is 10.2. The molecule has 0 aliphatic rings.